The van der Waals surface area contributed by atoms with Crippen molar-refractivity contribution in [2.45, 2.75) is 40.8 Å². The molecule has 0 bridgehead atoms. The molecule has 3 aromatic carbocycles. The third kappa shape index (κ3) is 4.41. The van der Waals surface area contributed by atoms with Crippen molar-refractivity contribution in [3.05, 3.63) is 102 Å². The number of nitro groups is 2. The summed E-state index contributed by atoms with van der Waals surface area (Å²) in [6.45, 7) is 1.87. The fraction of sp³-hybridized carbons (Fsp3) is 0.280. The minimum atomic E-state index is -0.374. The van der Waals surface area contributed by atoms with Gasteiger partial charge in [0.25, 0.3) is 11.4 Å². The van der Waals surface area contributed by atoms with Gasteiger partial charge in [-0.3, -0.25) is 20.2 Å². The SMILES string of the molecule is Cc1cc([N+](=O)[O-])cc2c1N[C@H](c1ccc(Br)cc1)[C@@H]1C[C@H](Sc3ccccc3[N+](=O)[O-])[C@H](Cl)[C@H]21. The van der Waals surface area contributed by atoms with E-state index in [1.54, 1.807) is 30.3 Å². The predicted octanol–water partition coefficient (Wildman–Crippen LogP) is 7.61. The van der Waals surface area contributed by atoms with Crippen molar-refractivity contribution >= 4 is 56.4 Å². The lowest BCUT2D eigenvalue weighted by molar-refractivity contribution is -0.387. The fourth-order valence-corrected chi connectivity index (χ4v) is 7.57. The van der Waals surface area contributed by atoms with E-state index in [2.05, 4.69) is 33.4 Å². The molecule has 7 nitrogen and oxygen atoms in total. The third-order valence-electron chi connectivity index (χ3n) is 6.88. The number of thioether (sulfide) groups is 1. The molecule has 1 fully saturated rings. The Hall–Kier alpha value is -2.62. The third-order valence-corrected chi connectivity index (χ3v) is 9.52. The van der Waals surface area contributed by atoms with E-state index >= 15 is 0 Å². The summed E-state index contributed by atoms with van der Waals surface area (Å²) in [5, 5.41) is 26.4. The van der Waals surface area contributed by atoms with Gasteiger partial charge in [0.2, 0.25) is 0 Å². The summed E-state index contributed by atoms with van der Waals surface area (Å²) >= 11 is 12.0. The molecule has 0 amide bonds. The molecule has 0 aromatic heterocycles. The average Bonchev–Trinajstić information content (AvgIpc) is 3.15. The summed E-state index contributed by atoms with van der Waals surface area (Å²) < 4.78 is 0.979. The number of non-ortho nitro benzene ring substituents is 1. The summed E-state index contributed by atoms with van der Waals surface area (Å²) in [6, 6.07) is 18.0. The van der Waals surface area contributed by atoms with Gasteiger partial charge in [-0.05, 0) is 54.2 Å². The number of halogens is 2. The first-order chi connectivity index (χ1) is 16.7. The molecule has 0 saturated heterocycles. The van der Waals surface area contributed by atoms with Gasteiger partial charge in [0.05, 0.1) is 26.2 Å². The summed E-state index contributed by atoms with van der Waals surface area (Å²) in [5.41, 5.74) is 3.74. The van der Waals surface area contributed by atoms with E-state index in [1.165, 1.54) is 17.8 Å². The quantitative estimate of drug-likeness (QED) is 0.191. The Morgan fingerprint density at radius 1 is 1.06 bits per heavy atom. The van der Waals surface area contributed by atoms with Crippen LogP contribution in [0.3, 0.4) is 0 Å². The van der Waals surface area contributed by atoms with Crippen LogP contribution in [-0.2, 0) is 0 Å². The highest BCUT2D eigenvalue weighted by Gasteiger charge is 2.51. The number of fused-ring (bicyclic) bond motifs is 3. The zero-order valence-corrected chi connectivity index (χ0v) is 21.7. The van der Waals surface area contributed by atoms with Crippen LogP contribution >= 0.6 is 39.3 Å². The number of nitrogens with one attached hydrogen (secondary N) is 1. The Morgan fingerprint density at radius 3 is 2.46 bits per heavy atom. The first kappa shape index (κ1) is 24.1. The van der Waals surface area contributed by atoms with Gasteiger partial charge in [0.15, 0.2) is 0 Å². The van der Waals surface area contributed by atoms with Gasteiger partial charge >= 0.3 is 0 Å². The molecule has 5 rings (SSSR count). The number of benzene rings is 3. The van der Waals surface area contributed by atoms with Crippen LogP contribution in [0.5, 0.6) is 0 Å². The molecular formula is C25H21BrClN3O4S. The second-order valence-corrected chi connectivity index (χ2v) is 11.6. The van der Waals surface area contributed by atoms with Crippen LogP contribution in [0.2, 0.25) is 0 Å². The van der Waals surface area contributed by atoms with E-state index in [1.807, 2.05) is 19.1 Å². The molecule has 5 atom stereocenters. The predicted molar refractivity (Wildman–Crippen MR) is 142 cm³/mol. The van der Waals surface area contributed by atoms with E-state index in [0.717, 1.165) is 26.9 Å². The van der Waals surface area contributed by atoms with Crippen LogP contribution in [0.15, 0.2) is 70.0 Å². The molecular weight excluding hydrogens is 554 g/mol. The van der Waals surface area contributed by atoms with Crippen molar-refractivity contribution in [3.8, 4) is 0 Å². The lowest BCUT2D eigenvalue weighted by atomic mass is 9.76. The molecule has 35 heavy (non-hydrogen) atoms. The molecule has 3 aromatic rings. The average molecular weight is 575 g/mol. The Bertz CT molecular complexity index is 1320. The molecule has 180 valence electrons. The van der Waals surface area contributed by atoms with E-state index in [9.17, 15) is 20.2 Å². The summed E-state index contributed by atoms with van der Waals surface area (Å²) in [4.78, 5) is 23.0. The highest BCUT2D eigenvalue weighted by molar-refractivity contribution is 9.10. The number of nitro benzene ring substituents is 2. The van der Waals surface area contributed by atoms with Gasteiger partial charge in [-0.25, -0.2) is 0 Å². The van der Waals surface area contributed by atoms with Crippen molar-refractivity contribution in [1.29, 1.82) is 0 Å². The van der Waals surface area contributed by atoms with Gasteiger partial charge in [0.1, 0.15) is 0 Å². The second-order valence-electron chi connectivity index (χ2n) is 8.91. The van der Waals surface area contributed by atoms with E-state index in [4.69, 9.17) is 11.6 Å². The summed E-state index contributed by atoms with van der Waals surface area (Å²) in [5.74, 6) is -0.0757. The highest BCUT2D eigenvalue weighted by atomic mass is 79.9. The number of anilines is 1. The summed E-state index contributed by atoms with van der Waals surface area (Å²) in [6.07, 6.45) is 0.713. The van der Waals surface area contributed by atoms with Crippen LogP contribution in [0.1, 0.15) is 35.1 Å². The molecule has 0 unspecified atom stereocenters. The number of hydrogen-bond acceptors (Lipinski definition) is 6. The van der Waals surface area contributed by atoms with Gasteiger partial charge in [-0.1, -0.05) is 40.2 Å². The lowest BCUT2D eigenvalue weighted by Crippen LogP contribution is -2.31. The molecule has 1 saturated carbocycles. The van der Waals surface area contributed by atoms with Crippen LogP contribution in [0.25, 0.3) is 0 Å². The molecule has 1 N–H and O–H groups in total. The monoisotopic (exact) mass is 573 g/mol. The normalized spacial score (nSPS) is 24.8. The van der Waals surface area contributed by atoms with E-state index in [0.29, 0.717) is 11.3 Å². The van der Waals surface area contributed by atoms with Crippen molar-refractivity contribution < 1.29 is 9.85 Å². The minimum absolute atomic E-state index is 0.0432. The van der Waals surface area contributed by atoms with Crippen molar-refractivity contribution in [1.82, 2.24) is 0 Å². The van der Waals surface area contributed by atoms with Crippen LogP contribution in [0, 0.1) is 33.1 Å². The zero-order chi connectivity index (χ0) is 24.9. The molecule has 10 heteroatoms. The number of hydrogen-bond donors (Lipinski definition) is 1. The van der Waals surface area contributed by atoms with Gasteiger partial charge in [-0.15, -0.1) is 23.4 Å². The maximum Gasteiger partial charge on any atom is 0.282 e. The first-order valence-electron chi connectivity index (χ1n) is 11.1. The van der Waals surface area contributed by atoms with E-state index in [-0.39, 0.29) is 49.7 Å². The minimum Gasteiger partial charge on any atom is -0.377 e. The second kappa shape index (κ2) is 9.44. The maximum atomic E-state index is 11.6. The smallest absolute Gasteiger partial charge is 0.282 e. The lowest BCUT2D eigenvalue weighted by Gasteiger charge is -2.39. The Labute approximate surface area is 219 Å². The first-order valence-corrected chi connectivity index (χ1v) is 13.2. The highest BCUT2D eigenvalue weighted by Crippen LogP contribution is 2.59. The molecule has 1 heterocycles. The maximum absolute atomic E-state index is 11.6. The molecule has 0 radical (unpaired) electrons. The number of alkyl halides is 1. The van der Waals surface area contributed by atoms with Crippen LogP contribution in [-0.4, -0.2) is 20.5 Å². The summed E-state index contributed by atoms with van der Waals surface area (Å²) in [7, 11) is 0. The molecule has 2 aliphatic rings. The topological polar surface area (TPSA) is 98.3 Å². The molecule has 1 aliphatic carbocycles. The van der Waals surface area contributed by atoms with Gasteiger partial charge in [-0.2, -0.15) is 0 Å². The van der Waals surface area contributed by atoms with Crippen LogP contribution in [0.4, 0.5) is 17.1 Å². The molecule has 0 spiro atoms. The largest absolute Gasteiger partial charge is 0.377 e. The number of rotatable bonds is 5. The standard InChI is InChI=1S/C25H21BrClN3O4S/c1-13-10-16(29(31)32)11-17-22-18(25(28-24(13)17)14-6-8-15(26)9-7-14)12-21(23(22)27)35-20-5-3-2-4-19(20)30(33)34/h2-11,18,21-23,25,28H,12H2,1H3/t18-,21+,22-,23+,25-/m1/s1. The fourth-order valence-electron chi connectivity index (χ4n) is 5.37. The Balaban J connectivity index is 1.59. The number of nitrogens with zero attached hydrogens (tertiary/aromatic N) is 2. The van der Waals surface area contributed by atoms with Gasteiger partial charge < -0.3 is 5.32 Å². The van der Waals surface area contributed by atoms with E-state index < -0.39 is 0 Å². The zero-order valence-electron chi connectivity index (χ0n) is 18.6. The van der Waals surface area contributed by atoms with Crippen molar-refractivity contribution in [2.75, 3.05) is 5.32 Å². The Morgan fingerprint density at radius 2 is 1.77 bits per heavy atom. The number of aryl methyl sites for hydroxylation is 1. The van der Waals surface area contributed by atoms with Crippen molar-refractivity contribution in [3.63, 3.8) is 0 Å². The van der Waals surface area contributed by atoms with Crippen molar-refractivity contribution in [2.24, 2.45) is 5.92 Å². The molecule has 1 aliphatic heterocycles. The van der Waals surface area contributed by atoms with Crippen LogP contribution < -0.4 is 5.32 Å². The number of para-hydroxylation sites is 1. The Kier molecular flexibility index (Phi) is 6.50. The van der Waals surface area contributed by atoms with Gasteiger partial charge in [0, 0.05) is 39.5 Å².